The number of benzene rings is 1. The average Bonchev–Trinajstić information content (AvgIpc) is 3.26. The number of hydrogen-bond donors (Lipinski definition) is 3. The number of thiophene rings is 1. The van der Waals surface area contributed by atoms with E-state index in [9.17, 15) is 9.59 Å². The van der Waals surface area contributed by atoms with E-state index in [-0.39, 0.29) is 24.7 Å². The number of nitrogens with one attached hydrogen (secondary N) is 1. The first-order valence-electron chi connectivity index (χ1n) is 11.6. The zero-order valence-corrected chi connectivity index (χ0v) is 22.0. The summed E-state index contributed by atoms with van der Waals surface area (Å²) in [4.78, 5) is 45.8. The Kier molecular flexibility index (Phi) is 11.5. The van der Waals surface area contributed by atoms with Crippen molar-refractivity contribution in [1.29, 1.82) is 0 Å². The van der Waals surface area contributed by atoms with Crippen molar-refractivity contribution in [3.05, 3.63) is 35.2 Å². The number of anilines is 1. The third kappa shape index (κ3) is 9.16. The molecule has 0 spiro atoms. The van der Waals surface area contributed by atoms with Crippen LogP contribution in [0.1, 0.15) is 37.6 Å². The highest BCUT2D eigenvalue weighted by molar-refractivity contribution is 7.15. The van der Waals surface area contributed by atoms with Crippen molar-refractivity contribution in [2.45, 2.75) is 39.4 Å². The fourth-order valence-electron chi connectivity index (χ4n) is 3.75. The summed E-state index contributed by atoms with van der Waals surface area (Å²) in [6, 6.07) is 7.45. The molecule has 1 amide bonds. The van der Waals surface area contributed by atoms with Gasteiger partial charge in [-0.25, -0.2) is 14.4 Å². The SMILES string of the molecule is CCOC(=O)c1c(-c2ccc(OC)cc2)csc1NC(=O)CCN1CC(C)OC(C)C1.O=C(O)C(=O)O. The molecule has 0 aliphatic carbocycles. The van der Waals surface area contributed by atoms with Gasteiger partial charge in [0.05, 0.1) is 25.9 Å². The van der Waals surface area contributed by atoms with Crippen LogP contribution in [0.25, 0.3) is 11.1 Å². The maximum Gasteiger partial charge on any atom is 0.414 e. The maximum atomic E-state index is 12.7. The first kappa shape index (κ1) is 29.7. The molecule has 1 aliphatic heterocycles. The molecule has 1 aromatic carbocycles. The summed E-state index contributed by atoms with van der Waals surface area (Å²) in [5.41, 5.74) is 1.98. The highest BCUT2D eigenvalue weighted by Gasteiger charge is 2.25. The number of rotatable bonds is 8. The Bertz CT molecular complexity index is 1060. The Hall–Kier alpha value is -3.48. The molecule has 1 aromatic heterocycles. The van der Waals surface area contributed by atoms with Crippen LogP contribution in [0, 0.1) is 0 Å². The monoisotopic (exact) mass is 536 g/mol. The molecule has 202 valence electrons. The number of aliphatic carboxylic acids is 2. The molecule has 1 aliphatic rings. The van der Waals surface area contributed by atoms with Crippen molar-refractivity contribution < 1.29 is 43.6 Å². The summed E-state index contributed by atoms with van der Waals surface area (Å²) in [6.45, 7) is 8.38. The van der Waals surface area contributed by atoms with Gasteiger partial charge in [-0.1, -0.05) is 12.1 Å². The molecule has 1 saturated heterocycles. The molecule has 2 aromatic rings. The number of ether oxygens (including phenoxy) is 3. The Balaban J connectivity index is 0.000000717. The van der Waals surface area contributed by atoms with Crippen LogP contribution < -0.4 is 10.1 Å². The summed E-state index contributed by atoms with van der Waals surface area (Å²) in [5.74, 6) is -3.48. The summed E-state index contributed by atoms with van der Waals surface area (Å²) in [7, 11) is 1.61. The topological polar surface area (TPSA) is 152 Å². The Morgan fingerprint density at radius 3 is 2.19 bits per heavy atom. The first-order chi connectivity index (χ1) is 17.5. The van der Waals surface area contributed by atoms with Crippen LogP contribution in [0.2, 0.25) is 0 Å². The van der Waals surface area contributed by atoms with Gasteiger partial charge in [-0.3, -0.25) is 9.69 Å². The lowest BCUT2D eigenvalue weighted by molar-refractivity contribution is -0.159. The van der Waals surface area contributed by atoms with Gasteiger partial charge in [0, 0.05) is 37.0 Å². The number of methoxy groups -OCH3 is 1. The molecule has 2 unspecified atom stereocenters. The number of nitrogens with zero attached hydrogens (tertiary/aromatic N) is 1. The summed E-state index contributed by atoms with van der Waals surface area (Å²) in [5, 5.41) is 20.1. The normalized spacial score (nSPS) is 17.2. The van der Waals surface area contributed by atoms with Gasteiger partial charge in [-0.2, -0.15) is 0 Å². The lowest BCUT2D eigenvalue weighted by atomic mass is 10.0. The van der Waals surface area contributed by atoms with E-state index in [0.29, 0.717) is 23.5 Å². The minimum absolute atomic E-state index is 0.125. The molecular formula is C25H32N2O9S. The van der Waals surface area contributed by atoms with E-state index in [2.05, 4.69) is 10.2 Å². The van der Waals surface area contributed by atoms with Gasteiger partial charge in [0.15, 0.2) is 0 Å². The Morgan fingerprint density at radius 1 is 1.08 bits per heavy atom. The lowest BCUT2D eigenvalue weighted by Crippen LogP contribution is -2.46. The largest absolute Gasteiger partial charge is 0.497 e. The minimum Gasteiger partial charge on any atom is -0.497 e. The molecular weight excluding hydrogens is 504 g/mol. The second-order valence-corrected chi connectivity index (χ2v) is 9.11. The van der Waals surface area contributed by atoms with Crippen LogP contribution in [-0.4, -0.2) is 84.5 Å². The second-order valence-electron chi connectivity index (χ2n) is 8.23. The molecule has 3 rings (SSSR count). The third-order valence-electron chi connectivity index (χ3n) is 5.26. The van der Waals surface area contributed by atoms with Crippen LogP contribution in [0.15, 0.2) is 29.6 Å². The van der Waals surface area contributed by atoms with Gasteiger partial charge in [0.2, 0.25) is 5.91 Å². The molecule has 12 heteroatoms. The number of amides is 1. The van der Waals surface area contributed by atoms with E-state index in [0.717, 1.165) is 30.0 Å². The number of carbonyl (C=O) groups excluding carboxylic acids is 2. The van der Waals surface area contributed by atoms with E-state index < -0.39 is 17.9 Å². The van der Waals surface area contributed by atoms with Gasteiger partial charge in [-0.15, -0.1) is 11.3 Å². The summed E-state index contributed by atoms with van der Waals surface area (Å²) < 4.78 is 16.2. The van der Waals surface area contributed by atoms with E-state index >= 15 is 0 Å². The quantitative estimate of drug-likeness (QED) is 0.339. The van der Waals surface area contributed by atoms with Gasteiger partial charge in [-0.05, 0) is 38.5 Å². The van der Waals surface area contributed by atoms with Crippen LogP contribution in [-0.2, 0) is 23.9 Å². The Morgan fingerprint density at radius 2 is 1.68 bits per heavy atom. The zero-order chi connectivity index (χ0) is 27.5. The van der Waals surface area contributed by atoms with Crippen LogP contribution in [0.4, 0.5) is 5.00 Å². The molecule has 3 N–H and O–H groups in total. The highest BCUT2D eigenvalue weighted by atomic mass is 32.1. The number of carboxylic acid groups (broad SMARTS) is 2. The third-order valence-corrected chi connectivity index (χ3v) is 6.15. The fourth-order valence-corrected chi connectivity index (χ4v) is 4.73. The number of morpholine rings is 1. The smallest absolute Gasteiger partial charge is 0.414 e. The molecule has 0 radical (unpaired) electrons. The van der Waals surface area contributed by atoms with Crippen LogP contribution in [0.3, 0.4) is 0 Å². The van der Waals surface area contributed by atoms with E-state index in [4.69, 9.17) is 34.0 Å². The van der Waals surface area contributed by atoms with Gasteiger partial charge in [0.25, 0.3) is 0 Å². The fraction of sp³-hybridized carbons (Fsp3) is 0.440. The number of carboxylic acids is 2. The van der Waals surface area contributed by atoms with E-state index in [1.807, 2.05) is 43.5 Å². The van der Waals surface area contributed by atoms with Gasteiger partial charge >= 0.3 is 17.9 Å². The Labute approximate surface area is 218 Å². The first-order valence-corrected chi connectivity index (χ1v) is 12.5. The molecule has 0 saturated carbocycles. The molecule has 37 heavy (non-hydrogen) atoms. The maximum absolute atomic E-state index is 12.7. The number of esters is 1. The average molecular weight is 537 g/mol. The highest BCUT2D eigenvalue weighted by Crippen LogP contribution is 2.37. The minimum atomic E-state index is -1.82. The lowest BCUT2D eigenvalue weighted by Gasteiger charge is -2.35. The van der Waals surface area contributed by atoms with Gasteiger partial charge < -0.3 is 29.7 Å². The van der Waals surface area contributed by atoms with Crippen molar-refractivity contribution in [3.8, 4) is 16.9 Å². The molecule has 2 atom stereocenters. The summed E-state index contributed by atoms with van der Waals surface area (Å²) >= 11 is 1.33. The van der Waals surface area contributed by atoms with Crippen molar-refractivity contribution >= 4 is 40.2 Å². The molecule has 11 nitrogen and oxygen atoms in total. The van der Waals surface area contributed by atoms with Crippen molar-refractivity contribution in [2.75, 3.05) is 38.7 Å². The summed E-state index contributed by atoms with van der Waals surface area (Å²) in [6.07, 6.45) is 0.662. The van der Waals surface area contributed by atoms with Crippen molar-refractivity contribution in [1.82, 2.24) is 4.90 Å². The second kappa shape index (κ2) is 14.3. The van der Waals surface area contributed by atoms with Crippen molar-refractivity contribution in [2.24, 2.45) is 0 Å². The van der Waals surface area contributed by atoms with E-state index in [1.165, 1.54) is 11.3 Å². The van der Waals surface area contributed by atoms with Crippen LogP contribution >= 0.6 is 11.3 Å². The van der Waals surface area contributed by atoms with Crippen LogP contribution in [0.5, 0.6) is 5.75 Å². The zero-order valence-electron chi connectivity index (χ0n) is 21.2. The molecule has 1 fully saturated rings. The predicted molar refractivity (Wildman–Crippen MR) is 137 cm³/mol. The van der Waals surface area contributed by atoms with Crippen molar-refractivity contribution in [3.63, 3.8) is 0 Å². The standard InChI is InChI=1S/C23H30N2O5S.C2H2O4/c1-5-29-23(27)21-19(17-6-8-18(28-4)9-7-17)14-31-22(21)24-20(26)10-11-25-12-15(2)30-16(3)13-25;3-1(4)2(5)6/h6-9,14-16H,5,10-13H2,1-4H3,(H,24,26);(H,3,4)(H,5,6). The molecule has 0 bridgehead atoms. The number of hydrogen-bond acceptors (Lipinski definition) is 9. The van der Waals surface area contributed by atoms with E-state index in [1.54, 1.807) is 14.0 Å². The molecule has 2 heterocycles. The van der Waals surface area contributed by atoms with Gasteiger partial charge in [0.1, 0.15) is 16.3 Å². The number of carbonyl (C=O) groups is 4. The predicted octanol–water partition coefficient (Wildman–Crippen LogP) is 3.19.